The second kappa shape index (κ2) is 8.36. The van der Waals surface area contributed by atoms with Gasteiger partial charge in [0.15, 0.2) is 0 Å². The van der Waals surface area contributed by atoms with E-state index in [4.69, 9.17) is 10.6 Å². The van der Waals surface area contributed by atoms with Crippen molar-refractivity contribution in [3.63, 3.8) is 0 Å². The van der Waals surface area contributed by atoms with Crippen molar-refractivity contribution in [3.8, 4) is 5.75 Å². The van der Waals surface area contributed by atoms with Gasteiger partial charge in [-0.25, -0.2) is 0 Å². The fourth-order valence-corrected chi connectivity index (χ4v) is 2.64. The first-order valence-corrected chi connectivity index (χ1v) is 8.12. The van der Waals surface area contributed by atoms with Gasteiger partial charge in [-0.05, 0) is 77.2 Å². The molecule has 3 N–H and O–H groups in total. The minimum absolute atomic E-state index is 0.284. The molecule has 2 rings (SSSR count). The maximum atomic E-state index is 5.69. The Morgan fingerprint density at radius 2 is 1.67 bits per heavy atom. The van der Waals surface area contributed by atoms with E-state index in [-0.39, 0.29) is 6.04 Å². The van der Waals surface area contributed by atoms with Gasteiger partial charge in [-0.3, -0.25) is 11.3 Å². The lowest BCUT2D eigenvalue weighted by Crippen LogP contribution is -2.37. The van der Waals surface area contributed by atoms with Crippen molar-refractivity contribution in [2.24, 2.45) is 5.84 Å². The van der Waals surface area contributed by atoms with Gasteiger partial charge in [0, 0.05) is 9.61 Å². The summed E-state index contributed by atoms with van der Waals surface area (Å²) in [5.41, 5.74) is 5.55. The Morgan fingerprint density at radius 3 is 2.24 bits per heavy atom. The molecule has 1 atom stereocenters. The Bertz CT molecular complexity index is 540. The summed E-state index contributed by atoms with van der Waals surface area (Å²) in [4.78, 5) is 0. The summed E-state index contributed by atoms with van der Waals surface area (Å²) in [5, 5.41) is 0. The summed E-state index contributed by atoms with van der Waals surface area (Å²) in [5.74, 6) is 6.58. The smallest absolute Gasteiger partial charge is 0.118 e. The molecular formula is C17H21IN2O. The topological polar surface area (TPSA) is 47.3 Å². The largest absolute Gasteiger partial charge is 0.497 e. The molecule has 0 bridgehead atoms. The predicted octanol–water partition coefficient (Wildman–Crippen LogP) is 3.31. The number of hydrazine groups is 1. The number of aryl methyl sites for hydroxylation is 1. The third-order valence-electron chi connectivity index (χ3n) is 3.57. The van der Waals surface area contributed by atoms with E-state index in [0.717, 1.165) is 25.0 Å². The predicted molar refractivity (Wildman–Crippen MR) is 95.3 cm³/mol. The van der Waals surface area contributed by atoms with Crippen LogP contribution in [0.15, 0.2) is 48.5 Å². The lowest BCUT2D eigenvalue weighted by Gasteiger charge is -2.16. The van der Waals surface area contributed by atoms with Crippen LogP contribution < -0.4 is 16.0 Å². The Hall–Kier alpha value is -1.11. The molecule has 0 radical (unpaired) electrons. The first-order chi connectivity index (χ1) is 10.2. The third-order valence-corrected chi connectivity index (χ3v) is 4.29. The number of methoxy groups -OCH3 is 1. The number of hydrogen-bond acceptors (Lipinski definition) is 3. The highest BCUT2D eigenvalue weighted by Crippen LogP contribution is 2.15. The number of halogens is 1. The van der Waals surface area contributed by atoms with Crippen molar-refractivity contribution in [1.29, 1.82) is 0 Å². The van der Waals surface area contributed by atoms with Crippen LogP contribution in [0.3, 0.4) is 0 Å². The molecule has 0 saturated carbocycles. The lowest BCUT2D eigenvalue weighted by atomic mass is 9.99. The lowest BCUT2D eigenvalue weighted by molar-refractivity contribution is 0.414. The Balaban J connectivity index is 1.88. The first kappa shape index (κ1) is 16.3. The molecule has 0 aliphatic carbocycles. The van der Waals surface area contributed by atoms with Crippen molar-refractivity contribution in [1.82, 2.24) is 5.43 Å². The van der Waals surface area contributed by atoms with Gasteiger partial charge in [-0.15, -0.1) is 0 Å². The summed E-state index contributed by atoms with van der Waals surface area (Å²) in [6, 6.07) is 17.1. The average Bonchev–Trinajstić information content (AvgIpc) is 2.53. The van der Waals surface area contributed by atoms with E-state index in [9.17, 15) is 0 Å². The zero-order valence-electron chi connectivity index (χ0n) is 12.2. The number of rotatable bonds is 7. The summed E-state index contributed by atoms with van der Waals surface area (Å²) in [6.45, 7) is 0. The minimum atomic E-state index is 0.284. The van der Waals surface area contributed by atoms with Crippen molar-refractivity contribution in [3.05, 3.63) is 63.2 Å². The van der Waals surface area contributed by atoms with Gasteiger partial charge < -0.3 is 4.74 Å². The molecule has 0 spiro atoms. The van der Waals surface area contributed by atoms with E-state index >= 15 is 0 Å². The molecule has 0 amide bonds. The van der Waals surface area contributed by atoms with Gasteiger partial charge in [-0.2, -0.15) is 0 Å². The highest BCUT2D eigenvalue weighted by atomic mass is 127. The summed E-state index contributed by atoms with van der Waals surface area (Å²) in [6.07, 6.45) is 2.96. The summed E-state index contributed by atoms with van der Waals surface area (Å²) < 4.78 is 6.43. The Morgan fingerprint density at radius 1 is 1.05 bits per heavy atom. The van der Waals surface area contributed by atoms with E-state index in [2.05, 4.69) is 64.4 Å². The first-order valence-electron chi connectivity index (χ1n) is 7.05. The van der Waals surface area contributed by atoms with E-state index in [1.165, 1.54) is 14.7 Å². The molecule has 4 heteroatoms. The Kier molecular flexibility index (Phi) is 6.48. The quantitative estimate of drug-likeness (QED) is 0.429. The fourth-order valence-electron chi connectivity index (χ4n) is 2.28. The van der Waals surface area contributed by atoms with Gasteiger partial charge in [0.05, 0.1) is 7.11 Å². The van der Waals surface area contributed by atoms with Gasteiger partial charge >= 0.3 is 0 Å². The van der Waals surface area contributed by atoms with Crippen molar-refractivity contribution >= 4 is 22.6 Å². The molecule has 112 valence electrons. The van der Waals surface area contributed by atoms with Crippen LogP contribution in [-0.2, 0) is 12.8 Å². The van der Waals surface area contributed by atoms with Crippen molar-refractivity contribution < 1.29 is 4.74 Å². The molecule has 0 aliphatic heterocycles. The van der Waals surface area contributed by atoms with Crippen LogP contribution in [0.4, 0.5) is 0 Å². The fraction of sp³-hybridized carbons (Fsp3) is 0.294. The van der Waals surface area contributed by atoms with Gasteiger partial charge in [0.1, 0.15) is 5.75 Å². The van der Waals surface area contributed by atoms with Crippen LogP contribution in [0.2, 0.25) is 0 Å². The molecule has 21 heavy (non-hydrogen) atoms. The minimum Gasteiger partial charge on any atom is -0.497 e. The molecule has 3 nitrogen and oxygen atoms in total. The molecule has 2 aromatic rings. The number of benzene rings is 2. The number of nitrogens with two attached hydrogens (primary N) is 1. The zero-order chi connectivity index (χ0) is 15.1. The molecule has 1 unspecified atom stereocenters. The van der Waals surface area contributed by atoms with Crippen molar-refractivity contribution in [2.75, 3.05) is 7.11 Å². The molecular weight excluding hydrogens is 375 g/mol. The second-order valence-corrected chi connectivity index (χ2v) is 6.33. The highest BCUT2D eigenvalue weighted by molar-refractivity contribution is 14.1. The molecule has 0 heterocycles. The number of ether oxygens (including phenoxy) is 1. The standard InChI is InChI=1S/C17H21IN2O/c1-21-17-10-5-13(6-11-17)4-9-16(20-19)12-14-2-7-15(18)8-3-14/h2-3,5-8,10-11,16,20H,4,9,12,19H2,1H3. The van der Waals surface area contributed by atoms with Gasteiger partial charge in [-0.1, -0.05) is 24.3 Å². The normalized spacial score (nSPS) is 12.1. The van der Waals surface area contributed by atoms with E-state index < -0.39 is 0 Å². The van der Waals surface area contributed by atoms with Crippen LogP contribution in [0.25, 0.3) is 0 Å². The molecule has 2 aromatic carbocycles. The van der Waals surface area contributed by atoms with Crippen LogP contribution in [0, 0.1) is 3.57 Å². The van der Waals surface area contributed by atoms with Crippen LogP contribution in [0.5, 0.6) is 5.75 Å². The average molecular weight is 396 g/mol. The monoisotopic (exact) mass is 396 g/mol. The molecule has 0 saturated heterocycles. The summed E-state index contributed by atoms with van der Waals surface area (Å²) in [7, 11) is 1.68. The molecule has 0 aromatic heterocycles. The molecule has 0 aliphatic rings. The summed E-state index contributed by atoms with van der Waals surface area (Å²) >= 11 is 2.32. The SMILES string of the molecule is COc1ccc(CCC(Cc2ccc(I)cc2)NN)cc1. The number of hydrogen-bond donors (Lipinski definition) is 2. The maximum Gasteiger partial charge on any atom is 0.118 e. The van der Waals surface area contributed by atoms with Crippen LogP contribution >= 0.6 is 22.6 Å². The van der Waals surface area contributed by atoms with E-state index in [0.29, 0.717) is 0 Å². The van der Waals surface area contributed by atoms with Gasteiger partial charge in [0.25, 0.3) is 0 Å². The van der Waals surface area contributed by atoms with Crippen molar-refractivity contribution in [2.45, 2.75) is 25.3 Å². The molecule has 0 fully saturated rings. The second-order valence-electron chi connectivity index (χ2n) is 5.08. The highest BCUT2D eigenvalue weighted by Gasteiger charge is 2.08. The number of nitrogens with one attached hydrogen (secondary N) is 1. The van der Waals surface area contributed by atoms with Crippen LogP contribution in [-0.4, -0.2) is 13.2 Å². The van der Waals surface area contributed by atoms with E-state index in [1.54, 1.807) is 7.11 Å². The van der Waals surface area contributed by atoms with E-state index in [1.807, 2.05) is 12.1 Å². The Labute approximate surface area is 140 Å². The zero-order valence-corrected chi connectivity index (χ0v) is 14.3. The van der Waals surface area contributed by atoms with Gasteiger partial charge in [0.2, 0.25) is 0 Å². The third kappa shape index (κ3) is 5.30. The van der Waals surface area contributed by atoms with Crippen LogP contribution in [0.1, 0.15) is 17.5 Å². The maximum absolute atomic E-state index is 5.69.